The molecule has 1 aromatic carbocycles. The van der Waals surface area contributed by atoms with Gasteiger partial charge in [-0.05, 0) is 56.4 Å². The van der Waals surface area contributed by atoms with Crippen molar-refractivity contribution < 1.29 is 4.39 Å². The number of halogens is 1. The number of hydrogen-bond donors (Lipinski definition) is 1. The molecule has 0 saturated heterocycles. The molecule has 1 aromatic heterocycles. The fourth-order valence-corrected chi connectivity index (χ4v) is 2.83. The normalized spacial score (nSPS) is 14.4. The Morgan fingerprint density at radius 1 is 1.32 bits per heavy atom. The first-order valence-corrected chi connectivity index (χ1v) is 6.74. The van der Waals surface area contributed by atoms with Gasteiger partial charge in [0.25, 0.3) is 0 Å². The van der Waals surface area contributed by atoms with E-state index in [1.165, 1.54) is 36.4 Å². The monoisotopic (exact) mass is 259 g/mol. The highest BCUT2D eigenvalue weighted by molar-refractivity contribution is 5.47. The Balaban J connectivity index is 1.99. The number of rotatable bonds is 2. The van der Waals surface area contributed by atoms with Gasteiger partial charge in [0.05, 0.1) is 12.2 Å². The number of anilines is 1. The van der Waals surface area contributed by atoms with Crippen LogP contribution in [0.15, 0.2) is 18.2 Å². The minimum atomic E-state index is -0.240. The Bertz CT molecular complexity index is 616. The predicted octanol–water partition coefficient (Wildman–Crippen LogP) is 2.84. The van der Waals surface area contributed by atoms with E-state index in [-0.39, 0.29) is 5.82 Å². The lowest BCUT2D eigenvalue weighted by Gasteiger charge is -2.15. The molecule has 4 heteroatoms. The number of imidazole rings is 1. The van der Waals surface area contributed by atoms with Crippen LogP contribution in [0.25, 0.3) is 0 Å². The van der Waals surface area contributed by atoms with E-state index in [0.717, 1.165) is 24.2 Å². The lowest BCUT2D eigenvalue weighted by atomic mass is 10.0. The van der Waals surface area contributed by atoms with Crippen LogP contribution < -0.4 is 5.73 Å². The zero-order chi connectivity index (χ0) is 13.4. The first-order valence-electron chi connectivity index (χ1n) is 6.74. The van der Waals surface area contributed by atoms with E-state index in [0.29, 0.717) is 12.2 Å². The molecule has 0 unspecified atom stereocenters. The van der Waals surface area contributed by atoms with Crippen molar-refractivity contribution in [3.05, 3.63) is 46.8 Å². The minimum Gasteiger partial charge on any atom is -0.398 e. The average molecular weight is 259 g/mol. The maximum Gasteiger partial charge on any atom is 0.123 e. The van der Waals surface area contributed by atoms with Crippen molar-refractivity contribution in [2.75, 3.05) is 5.73 Å². The summed E-state index contributed by atoms with van der Waals surface area (Å²) in [6, 6.07) is 4.54. The number of nitrogens with two attached hydrogens (primary N) is 1. The Morgan fingerprint density at radius 2 is 2.11 bits per heavy atom. The molecule has 1 aliphatic carbocycles. The molecule has 0 bridgehead atoms. The third-order valence-electron chi connectivity index (χ3n) is 3.86. The molecule has 100 valence electrons. The number of nitrogen functional groups attached to an aromatic ring is 1. The topological polar surface area (TPSA) is 43.8 Å². The standard InChI is InChI=1S/C15H18FN3/c1-10-18-14-4-2-3-5-15(14)19(10)9-11-8-12(16)6-7-13(11)17/h6-8H,2-5,9,17H2,1H3. The Hall–Kier alpha value is -1.84. The number of aryl methyl sites for hydroxylation is 2. The minimum absolute atomic E-state index is 0.240. The van der Waals surface area contributed by atoms with Gasteiger partial charge in [-0.3, -0.25) is 0 Å². The molecule has 2 aromatic rings. The lowest BCUT2D eigenvalue weighted by molar-refractivity contribution is 0.612. The molecule has 3 rings (SSSR count). The van der Waals surface area contributed by atoms with Crippen molar-refractivity contribution in [2.45, 2.75) is 39.2 Å². The van der Waals surface area contributed by atoms with Gasteiger partial charge in [-0.15, -0.1) is 0 Å². The molecule has 1 aliphatic rings. The SMILES string of the molecule is Cc1nc2c(n1Cc1cc(F)ccc1N)CCCC2. The van der Waals surface area contributed by atoms with Crippen LogP contribution in [0.5, 0.6) is 0 Å². The third kappa shape index (κ3) is 2.23. The van der Waals surface area contributed by atoms with Crippen LogP contribution in [0.1, 0.15) is 35.6 Å². The van der Waals surface area contributed by atoms with E-state index < -0.39 is 0 Å². The smallest absolute Gasteiger partial charge is 0.123 e. The molecule has 3 nitrogen and oxygen atoms in total. The second-order valence-electron chi connectivity index (χ2n) is 5.19. The fraction of sp³-hybridized carbons (Fsp3) is 0.400. The van der Waals surface area contributed by atoms with Crippen molar-refractivity contribution in [2.24, 2.45) is 0 Å². The first-order chi connectivity index (χ1) is 9.15. The molecule has 0 amide bonds. The van der Waals surface area contributed by atoms with Crippen LogP contribution in [0.4, 0.5) is 10.1 Å². The molecule has 0 fully saturated rings. The van der Waals surface area contributed by atoms with Crippen LogP contribution in [0, 0.1) is 12.7 Å². The Labute approximate surface area is 112 Å². The van der Waals surface area contributed by atoms with Crippen molar-refractivity contribution in [3.8, 4) is 0 Å². The van der Waals surface area contributed by atoms with Gasteiger partial charge in [-0.2, -0.15) is 0 Å². The summed E-state index contributed by atoms with van der Waals surface area (Å²) in [5.74, 6) is 0.756. The van der Waals surface area contributed by atoms with Crippen LogP contribution in [-0.4, -0.2) is 9.55 Å². The first kappa shape index (κ1) is 12.2. The molecule has 19 heavy (non-hydrogen) atoms. The molecule has 2 N–H and O–H groups in total. The van der Waals surface area contributed by atoms with Crippen molar-refractivity contribution in [1.82, 2.24) is 9.55 Å². The summed E-state index contributed by atoms with van der Waals surface area (Å²) in [6.45, 7) is 2.62. The van der Waals surface area contributed by atoms with Gasteiger partial charge in [-0.25, -0.2) is 9.37 Å². The van der Waals surface area contributed by atoms with E-state index >= 15 is 0 Å². The van der Waals surface area contributed by atoms with E-state index in [1.807, 2.05) is 6.92 Å². The van der Waals surface area contributed by atoms with Gasteiger partial charge < -0.3 is 10.3 Å². The van der Waals surface area contributed by atoms with Gasteiger partial charge in [0, 0.05) is 11.4 Å². The predicted molar refractivity (Wildman–Crippen MR) is 73.5 cm³/mol. The van der Waals surface area contributed by atoms with Gasteiger partial charge in [0.15, 0.2) is 0 Å². The maximum absolute atomic E-state index is 13.3. The van der Waals surface area contributed by atoms with Gasteiger partial charge >= 0.3 is 0 Å². The summed E-state index contributed by atoms with van der Waals surface area (Å²) in [4.78, 5) is 4.63. The summed E-state index contributed by atoms with van der Waals surface area (Å²) >= 11 is 0. The van der Waals surface area contributed by atoms with Crippen molar-refractivity contribution >= 4 is 5.69 Å². The van der Waals surface area contributed by atoms with Gasteiger partial charge in [-0.1, -0.05) is 0 Å². The molecule has 0 radical (unpaired) electrons. The summed E-state index contributed by atoms with van der Waals surface area (Å²) < 4.78 is 15.5. The lowest BCUT2D eigenvalue weighted by Crippen LogP contribution is -2.11. The van der Waals surface area contributed by atoms with Crippen molar-refractivity contribution in [3.63, 3.8) is 0 Å². The van der Waals surface area contributed by atoms with Crippen LogP contribution >= 0.6 is 0 Å². The van der Waals surface area contributed by atoms with Gasteiger partial charge in [0.1, 0.15) is 11.6 Å². The molecule has 0 spiro atoms. The van der Waals surface area contributed by atoms with Crippen LogP contribution in [-0.2, 0) is 19.4 Å². The van der Waals surface area contributed by atoms with Crippen LogP contribution in [0.2, 0.25) is 0 Å². The second-order valence-corrected chi connectivity index (χ2v) is 5.19. The Kier molecular flexibility index (Phi) is 3.01. The summed E-state index contributed by atoms with van der Waals surface area (Å²) in [7, 11) is 0. The van der Waals surface area contributed by atoms with E-state index in [1.54, 1.807) is 6.07 Å². The second kappa shape index (κ2) is 4.68. The Morgan fingerprint density at radius 3 is 2.95 bits per heavy atom. The molecular formula is C15H18FN3. The molecule has 0 atom stereocenters. The molecule has 0 saturated carbocycles. The number of nitrogens with zero attached hydrogens (tertiary/aromatic N) is 2. The number of fused-ring (bicyclic) bond motifs is 1. The maximum atomic E-state index is 13.3. The van der Waals surface area contributed by atoms with Gasteiger partial charge in [0.2, 0.25) is 0 Å². The average Bonchev–Trinajstić information content (AvgIpc) is 2.71. The van der Waals surface area contributed by atoms with Crippen LogP contribution in [0.3, 0.4) is 0 Å². The molecule has 1 heterocycles. The quantitative estimate of drug-likeness (QED) is 0.843. The zero-order valence-corrected chi connectivity index (χ0v) is 11.1. The summed E-state index contributed by atoms with van der Waals surface area (Å²) in [6.07, 6.45) is 4.54. The highest BCUT2D eigenvalue weighted by atomic mass is 19.1. The molecule has 0 aliphatic heterocycles. The third-order valence-corrected chi connectivity index (χ3v) is 3.86. The highest BCUT2D eigenvalue weighted by Crippen LogP contribution is 2.24. The fourth-order valence-electron chi connectivity index (χ4n) is 2.83. The largest absolute Gasteiger partial charge is 0.398 e. The molecular weight excluding hydrogens is 241 g/mol. The van der Waals surface area contributed by atoms with E-state index in [4.69, 9.17) is 5.73 Å². The number of hydrogen-bond acceptors (Lipinski definition) is 2. The summed E-state index contributed by atoms with van der Waals surface area (Å²) in [5.41, 5.74) is 9.90. The van der Waals surface area contributed by atoms with Crippen molar-refractivity contribution in [1.29, 1.82) is 0 Å². The zero-order valence-electron chi connectivity index (χ0n) is 11.1. The van der Waals surface area contributed by atoms with E-state index in [2.05, 4.69) is 9.55 Å². The number of benzene rings is 1. The summed E-state index contributed by atoms with van der Waals surface area (Å²) in [5, 5.41) is 0. The number of aromatic nitrogens is 2. The highest BCUT2D eigenvalue weighted by Gasteiger charge is 2.18. The van der Waals surface area contributed by atoms with E-state index in [9.17, 15) is 4.39 Å².